The summed E-state index contributed by atoms with van der Waals surface area (Å²) < 4.78 is 18.0. The molecule has 0 fully saturated rings. The predicted octanol–water partition coefficient (Wildman–Crippen LogP) is 5.00. The van der Waals surface area contributed by atoms with E-state index in [0.717, 1.165) is 4.47 Å². The minimum atomic E-state index is -0.825. The molecule has 1 aliphatic heterocycles. The Morgan fingerprint density at radius 3 is 2.54 bits per heavy atom. The maximum atomic E-state index is 11.6. The van der Waals surface area contributed by atoms with Gasteiger partial charge in [-0.3, -0.25) is 10.1 Å². The van der Waals surface area contributed by atoms with Crippen LogP contribution in [0.3, 0.4) is 0 Å². The van der Waals surface area contributed by atoms with Gasteiger partial charge in [0.1, 0.15) is 5.75 Å². The Kier molecular flexibility index (Phi) is 5.46. The Bertz CT molecular complexity index is 865. The molecule has 0 amide bonds. The Hall–Kier alpha value is -2.54. The molecule has 1 atom stereocenters. The van der Waals surface area contributed by atoms with E-state index in [0.29, 0.717) is 41.6 Å². The molecule has 1 heterocycles. The number of ether oxygens (including phenoxy) is 3. The summed E-state index contributed by atoms with van der Waals surface area (Å²) in [5.74, 6) is 1.74. The molecular weight excluding hydrogens is 402 g/mol. The highest BCUT2D eigenvalue weighted by atomic mass is 79.9. The van der Waals surface area contributed by atoms with E-state index in [1.807, 2.05) is 19.9 Å². The van der Waals surface area contributed by atoms with Gasteiger partial charge >= 0.3 is 0 Å². The van der Waals surface area contributed by atoms with Crippen molar-refractivity contribution in [2.75, 3.05) is 13.2 Å². The van der Waals surface area contributed by atoms with Crippen molar-refractivity contribution < 1.29 is 19.1 Å². The van der Waals surface area contributed by atoms with Crippen molar-refractivity contribution in [3.05, 3.63) is 67.8 Å². The van der Waals surface area contributed by atoms with Crippen molar-refractivity contribution >= 4 is 22.0 Å². The average Bonchev–Trinajstić information content (AvgIpc) is 2.62. The maximum Gasteiger partial charge on any atom is 0.291 e. The van der Waals surface area contributed by atoms with Crippen LogP contribution in [-0.4, -0.2) is 18.1 Å². The van der Waals surface area contributed by atoms with Crippen LogP contribution >= 0.6 is 15.9 Å². The standard InChI is InChI=1S/C19H18BrNO5/c1-3-24-17-7-5-12(11-18(17)25-4-2)19-15(21(22)23)10-13-9-14(20)6-8-16(13)26-19/h5-11,19H,3-4H2,1-2H3. The van der Waals surface area contributed by atoms with Gasteiger partial charge in [-0.25, -0.2) is 0 Å². The lowest BCUT2D eigenvalue weighted by Gasteiger charge is -2.23. The maximum absolute atomic E-state index is 11.6. The Labute approximate surface area is 159 Å². The number of halogens is 1. The van der Waals surface area contributed by atoms with Crippen LogP contribution in [0.4, 0.5) is 0 Å². The minimum Gasteiger partial charge on any atom is -0.490 e. The molecule has 0 spiro atoms. The third-order valence-electron chi connectivity index (χ3n) is 3.87. The number of benzene rings is 2. The first-order valence-corrected chi connectivity index (χ1v) is 9.04. The van der Waals surface area contributed by atoms with Crippen molar-refractivity contribution in [3.63, 3.8) is 0 Å². The van der Waals surface area contributed by atoms with E-state index in [1.54, 1.807) is 36.4 Å². The number of nitro groups is 1. The van der Waals surface area contributed by atoms with Crippen molar-refractivity contribution in [2.24, 2.45) is 0 Å². The molecule has 0 radical (unpaired) electrons. The fraction of sp³-hybridized carbons (Fsp3) is 0.263. The number of hydrogen-bond acceptors (Lipinski definition) is 5. The summed E-state index contributed by atoms with van der Waals surface area (Å²) in [5.41, 5.74) is 1.27. The topological polar surface area (TPSA) is 70.8 Å². The van der Waals surface area contributed by atoms with E-state index in [4.69, 9.17) is 14.2 Å². The van der Waals surface area contributed by atoms with E-state index in [9.17, 15) is 10.1 Å². The summed E-state index contributed by atoms with van der Waals surface area (Å²) in [6.07, 6.45) is 0.721. The Morgan fingerprint density at radius 1 is 1.12 bits per heavy atom. The number of hydrogen-bond donors (Lipinski definition) is 0. The zero-order chi connectivity index (χ0) is 18.7. The number of nitrogens with zero attached hydrogens (tertiary/aromatic N) is 1. The molecule has 1 unspecified atom stereocenters. The summed E-state index contributed by atoms with van der Waals surface area (Å²) in [5, 5.41) is 11.6. The second-order valence-corrected chi connectivity index (χ2v) is 6.49. The van der Waals surface area contributed by atoms with Crippen LogP contribution in [0.25, 0.3) is 6.08 Å². The fourth-order valence-corrected chi connectivity index (χ4v) is 3.16. The zero-order valence-corrected chi connectivity index (χ0v) is 16.0. The van der Waals surface area contributed by atoms with Gasteiger partial charge in [0.2, 0.25) is 6.10 Å². The van der Waals surface area contributed by atoms with E-state index in [2.05, 4.69) is 15.9 Å². The Morgan fingerprint density at radius 2 is 1.85 bits per heavy atom. The third kappa shape index (κ3) is 3.67. The van der Waals surface area contributed by atoms with Crippen LogP contribution in [0, 0.1) is 10.1 Å². The first kappa shape index (κ1) is 18.3. The van der Waals surface area contributed by atoms with Crippen LogP contribution in [0.1, 0.15) is 31.1 Å². The lowest BCUT2D eigenvalue weighted by molar-refractivity contribution is -0.434. The first-order chi connectivity index (χ1) is 12.5. The van der Waals surface area contributed by atoms with Gasteiger partial charge in [-0.2, -0.15) is 0 Å². The SMILES string of the molecule is CCOc1ccc(C2Oc3ccc(Br)cc3C=C2[N+](=O)[O-])cc1OCC. The van der Waals surface area contributed by atoms with Gasteiger partial charge in [0, 0.05) is 21.7 Å². The van der Waals surface area contributed by atoms with Crippen molar-refractivity contribution in [2.45, 2.75) is 20.0 Å². The van der Waals surface area contributed by atoms with Gasteiger partial charge in [0.15, 0.2) is 11.5 Å². The molecule has 0 bridgehead atoms. The molecular formula is C19H18BrNO5. The quantitative estimate of drug-likeness (QED) is 0.486. The largest absolute Gasteiger partial charge is 0.490 e. The second-order valence-electron chi connectivity index (χ2n) is 5.58. The molecule has 7 heteroatoms. The third-order valence-corrected chi connectivity index (χ3v) is 4.36. The monoisotopic (exact) mass is 419 g/mol. The smallest absolute Gasteiger partial charge is 0.291 e. The molecule has 6 nitrogen and oxygen atoms in total. The number of rotatable bonds is 6. The van der Waals surface area contributed by atoms with Gasteiger partial charge < -0.3 is 14.2 Å². The Balaban J connectivity index is 2.04. The highest BCUT2D eigenvalue weighted by Gasteiger charge is 2.33. The second kappa shape index (κ2) is 7.78. The summed E-state index contributed by atoms with van der Waals surface area (Å²) >= 11 is 3.37. The van der Waals surface area contributed by atoms with Gasteiger partial charge in [-0.15, -0.1) is 0 Å². The van der Waals surface area contributed by atoms with E-state index in [-0.39, 0.29) is 5.70 Å². The lowest BCUT2D eigenvalue weighted by atomic mass is 10.0. The molecule has 0 aromatic heterocycles. The molecule has 0 saturated carbocycles. The number of fused-ring (bicyclic) bond motifs is 1. The summed E-state index contributed by atoms with van der Waals surface area (Å²) in [7, 11) is 0. The van der Waals surface area contributed by atoms with Crippen LogP contribution in [0.15, 0.2) is 46.6 Å². The van der Waals surface area contributed by atoms with Crippen molar-refractivity contribution in [1.29, 1.82) is 0 Å². The fourth-order valence-electron chi connectivity index (χ4n) is 2.78. The van der Waals surface area contributed by atoms with E-state index in [1.165, 1.54) is 0 Å². The van der Waals surface area contributed by atoms with Gasteiger partial charge in [-0.1, -0.05) is 22.0 Å². The van der Waals surface area contributed by atoms with Crippen LogP contribution in [0.5, 0.6) is 17.2 Å². The first-order valence-electron chi connectivity index (χ1n) is 8.25. The van der Waals surface area contributed by atoms with Crippen molar-refractivity contribution in [1.82, 2.24) is 0 Å². The molecule has 136 valence electrons. The molecule has 26 heavy (non-hydrogen) atoms. The predicted molar refractivity (Wildman–Crippen MR) is 101 cm³/mol. The highest BCUT2D eigenvalue weighted by molar-refractivity contribution is 9.10. The van der Waals surface area contributed by atoms with E-state index >= 15 is 0 Å². The van der Waals surface area contributed by atoms with Crippen molar-refractivity contribution in [3.8, 4) is 17.2 Å². The molecule has 0 N–H and O–H groups in total. The molecule has 0 saturated heterocycles. The normalized spacial score (nSPS) is 15.5. The summed E-state index contributed by atoms with van der Waals surface area (Å²) in [4.78, 5) is 11.2. The zero-order valence-electron chi connectivity index (χ0n) is 14.4. The molecule has 2 aromatic carbocycles. The van der Waals surface area contributed by atoms with Crippen LogP contribution < -0.4 is 14.2 Å². The molecule has 1 aliphatic rings. The molecule has 3 rings (SSSR count). The van der Waals surface area contributed by atoms with Gasteiger partial charge in [0.05, 0.1) is 18.1 Å². The van der Waals surface area contributed by atoms with Gasteiger partial charge in [0.25, 0.3) is 5.70 Å². The molecule has 2 aromatic rings. The lowest BCUT2D eigenvalue weighted by Crippen LogP contribution is -2.20. The highest BCUT2D eigenvalue weighted by Crippen LogP contribution is 2.40. The molecule has 0 aliphatic carbocycles. The summed E-state index contributed by atoms with van der Waals surface area (Å²) in [6, 6.07) is 10.7. The minimum absolute atomic E-state index is 0.0257. The van der Waals surface area contributed by atoms with Crippen LogP contribution in [-0.2, 0) is 0 Å². The van der Waals surface area contributed by atoms with E-state index < -0.39 is 11.0 Å². The van der Waals surface area contributed by atoms with Crippen LogP contribution in [0.2, 0.25) is 0 Å². The van der Waals surface area contributed by atoms with Gasteiger partial charge in [-0.05, 0) is 44.2 Å². The summed E-state index contributed by atoms with van der Waals surface area (Å²) in [6.45, 7) is 4.72. The average molecular weight is 420 g/mol.